The molecule has 0 aromatic heterocycles. The van der Waals surface area contributed by atoms with Crippen LogP contribution < -0.4 is 6.15 Å². The Balaban J connectivity index is 0. The van der Waals surface area contributed by atoms with E-state index in [1.807, 2.05) is 0 Å². The van der Waals surface area contributed by atoms with Crippen molar-refractivity contribution in [1.82, 2.24) is 6.15 Å². The average Bonchev–Trinajstić information content (AvgIpc) is 0. The summed E-state index contributed by atoms with van der Waals surface area (Å²) in [7, 11) is 0. The number of hydrogen-bond acceptors (Lipinski definition) is 1. The van der Waals surface area contributed by atoms with E-state index in [1.54, 1.807) is 0 Å². The van der Waals surface area contributed by atoms with Crippen LogP contribution in [0, 0.1) is 0 Å². The monoisotopic (exact) mass is 173 g/mol. The van der Waals surface area contributed by atoms with Crippen molar-refractivity contribution in [2.24, 2.45) is 0 Å². The number of rotatable bonds is 0. The van der Waals surface area contributed by atoms with E-state index in [2.05, 4.69) is 0 Å². The van der Waals surface area contributed by atoms with Gasteiger partial charge < -0.3 is 6.15 Å². The van der Waals surface area contributed by atoms with Gasteiger partial charge in [-0.2, -0.15) is 0 Å². The van der Waals surface area contributed by atoms with Crippen molar-refractivity contribution >= 4 is 17.4 Å². The summed E-state index contributed by atoms with van der Waals surface area (Å²) in [6, 6.07) is 0. The first-order valence-corrected chi connectivity index (χ1v) is 0. The maximum absolute atomic E-state index is 0. The minimum Gasteiger partial charge on any atom is -0.344 e. The summed E-state index contributed by atoms with van der Waals surface area (Å²) in [6.07, 6.45) is 0. The third-order valence-electron chi connectivity index (χ3n) is 0. The van der Waals surface area contributed by atoms with Gasteiger partial charge in [-0.3, -0.25) is 0 Å². The van der Waals surface area contributed by atoms with Crippen molar-refractivity contribution in [2.45, 2.75) is 0 Å². The van der Waals surface area contributed by atoms with Gasteiger partial charge in [-0.25, -0.2) is 0 Å². The second-order valence-electron chi connectivity index (χ2n) is 0. The first-order chi connectivity index (χ1) is 0. The first kappa shape index (κ1) is 48.4. The molecule has 0 heterocycles. The minimum absolute atomic E-state index is 0. The van der Waals surface area contributed by atoms with Crippen LogP contribution in [0.3, 0.4) is 0 Å². The Morgan fingerprint density at radius 3 is 0.750 bits per heavy atom. The molecule has 0 saturated carbocycles. The van der Waals surface area contributed by atoms with Gasteiger partial charge in [0.15, 0.2) is 17.4 Å². The fourth-order valence-electron chi connectivity index (χ4n) is 0. The van der Waals surface area contributed by atoms with Gasteiger partial charge in [0.25, 0.3) is 0 Å². The van der Waals surface area contributed by atoms with Gasteiger partial charge in [0.1, 0.15) is 0 Å². The molecule has 0 fully saturated rings. The normalized spacial score (nSPS) is 0. The van der Waals surface area contributed by atoms with Gasteiger partial charge in [0.2, 0.25) is 0 Å². The molecule has 2 radical (unpaired) electrons. The summed E-state index contributed by atoms with van der Waals surface area (Å²) in [6.45, 7) is 0. The van der Waals surface area contributed by atoms with Crippen LogP contribution in [-0.4, -0.2) is 17.4 Å². The summed E-state index contributed by atoms with van der Waals surface area (Å²) in [5.74, 6) is 0. The van der Waals surface area contributed by atoms with Crippen LogP contribution in [-0.2, 0) is 34.1 Å². The van der Waals surface area contributed by atoms with Crippen LogP contribution >= 0.6 is 0 Å². The third kappa shape index (κ3) is 9.65. The van der Waals surface area contributed by atoms with Gasteiger partial charge in [-0.05, 0) is 0 Å². The molecule has 3 N–H and O–H groups in total. The maximum Gasteiger partial charge on any atom is 0.187 e. The number of hydrogen-bond donors (Lipinski definition) is 1. The Kier molecular flexibility index (Phi) is 292. The van der Waals surface area contributed by atoms with Crippen molar-refractivity contribution in [2.75, 3.05) is 0 Å². The smallest absolute Gasteiger partial charge is 0.187 e. The molecule has 0 unspecified atom stereocenters. The largest absolute Gasteiger partial charge is 0.344 e. The molecule has 0 aromatic carbocycles. The van der Waals surface area contributed by atoms with Gasteiger partial charge >= 0.3 is 0 Å². The van der Waals surface area contributed by atoms with E-state index in [4.69, 9.17) is 0 Å². The molecular weight excluding hydrogens is 168 g/mol. The topological polar surface area (TPSA) is 35.0 Å². The summed E-state index contributed by atoms with van der Waals surface area (Å²) >= 11 is 0. The van der Waals surface area contributed by atoms with E-state index in [9.17, 15) is 0 Å². The molecule has 0 atom stereocenters. The van der Waals surface area contributed by atoms with Crippen LogP contribution in [0.2, 0.25) is 0 Å². The van der Waals surface area contributed by atoms with E-state index in [-0.39, 0.29) is 57.6 Å². The second-order valence-corrected chi connectivity index (χ2v) is 0. The molecule has 0 saturated heterocycles. The Labute approximate surface area is 57.6 Å². The van der Waals surface area contributed by atoms with Crippen LogP contribution in [0.15, 0.2) is 0 Å². The second kappa shape index (κ2) is 24.1. The molecule has 0 aromatic rings. The van der Waals surface area contributed by atoms with Gasteiger partial charge in [-0.1, -0.05) is 0 Å². The summed E-state index contributed by atoms with van der Waals surface area (Å²) in [4.78, 5) is 0. The van der Waals surface area contributed by atoms with E-state index < -0.39 is 0 Å². The quantitative estimate of drug-likeness (QED) is 0.468. The van der Waals surface area contributed by atoms with Crippen molar-refractivity contribution in [3.63, 3.8) is 0 Å². The van der Waals surface area contributed by atoms with Crippen LogP contribution in [0.5, 0.6) is 0 Å². The Bertz CT molecular complexity index is 6.00. The average molecular weight is 174 g/mol. The van der Waals surface area contributed by atoms with Gasteiger partial charge in [0.05, 0.1) is 0 Å². The molecule has 1 nitrogen and oxygen atoms in total. The molecule has 0 aliphatic carbocycles. The zero-order chi connectivity index (χ0) is 0. The molecule has 0 rings (SSSR count). The molecule has 0 amide bonds. The Morgan fingerprint density at radius 2 is 0.750 bits per heavy atom. The van der Waals surface area contributed by atoms with Crippen molar-refractivity contribution in [3.05, 3.63) is 0 Å². The van der Waals surface area contributed by atoms with Crippen LogP contribution in [0.4, 0.5) is 0 Å². The zero-order valence-corrected chi connectivity index (χ0v) is 3.19. The molecule has 0 aliphatic heterocycles. The zero-order valence-electron chi connectivity index (χ0n) is 1.31. The van der Waals surface area contributed by atoms with Crippen LogP contribution in [0.1, 0.15) is 0 Å². The fraction of sp³-hybridized carbons (Fsp3) is 0. The molecule has 4 heteroatoms. The fourth-order valence-corrected chi connectivity index (χ4v) is 0. The summed E-state index contributed by atoms with van der Waals surface area (Å²) in [5, 5.41) is 0. The van der Waals surface area contributed by atoms with E-state index in [0.717, 1.165) is 0 Å². The SMILES string of the molecule is N.[AlH3].[Cu].[Cu]. The van der Waals surface area contributed by atoms with E-state index in [0.29, 0.717) is 0 Å². The minimum atomic E-state index is 0. The van der Waals surface area contributed by atoms with Crippen molar-refractivity contribution < 1.29 is 34.1 Å². The molecule has 0 spiro atoms. The summed E-state index contributed by atoms with van der Waals surface area (Å²) in [5.41, 5.74) is 0. The Hall–Kier alpha value is 1.53. The van der Waals surface area contributed by atoms with Crippen LogP contribution in [0.25, 0.3) is 0 Å². The van der Waals surface area contributed by atoms with Gasteiger partial charge in [0, 0.05) is 34.1 Å². The molecule has 4 heavy (non-hydrogen) atoms. The third-order valence-corrected chi connectivity index (χ3v) is 0. The predicted molar refractivity (Wildman–Crippen MR) is 15.0 cm³/mol. The molecule has 0 aliphatic rings. The Morgan fingerprint density at radius 1 is 0.750 bits per heavy atom. The standard InChI is InChI=1S/Al.2Cu.H3N.3H/h;;;1H3;;;. The molecule has 36 valence electrons. The van der Waals surface area contributed by atoms with Crippen molar-refractivity contribution in [3.8, 4) is 0 Å². The van der Waals surface area contributed by atoms with E-state index in [1.165, 1.54) is 0 Å². The maximum atomic E-state index is 0. The van der Waals surface area contributed by atoms with Crippen molar-refractivity contribution in [1.29, 1.82) is 0 Å². The summed E-state index contributed by atoms with van der Waals surface area (Å²) < 4.78 is 0. The molecule has 0 bridgehead atoms. The molecular formula is H6AlCu2N. The van der Waals surface area contributed by atoms with Gasteiger partial charge in [-0.15, -0.1) is 0 Å². The predicted octanol–water partition coefficient (Wildman–Crippen LogP) is -1.03. The van der Waals surface area contributed by atoms with E-state index >= 15 is 0 Å². The first-order valence-electron chi connectivity index (χ1n) is 0.